The van der Waals surface area contributed by atoms with Crippen molar-refractivity contribution in [2.45, 2.75) is 13.3 Å². The van der Waals surface area contributed by atoms with Crippen molar-refractivity contribution in [2.24, 2.45) is 11.1 Å². The van der Waals surface area contributed by atoms with Crippen LogP contribution < -0.4 is 11.1 Å². The minimum atomic E-state index is -0.0512. The van der Waals surface area contributed by atoms with Crippen LogP contribution in [0.1, 0.15) is 13.3 Å². The molecule has 0 spiro atoms. The Bertz CT molecular complexity index is 512. The molecule has 4 nitrogen and oxygen atoms in total. The number of carbonyl (C=O) groups is 1. The number of nitrogens with zero attached hydrogens (tertiary/aromatic N) is 1. The third kappa shape index (κ3) is 5.01. The number of nitrogens with one attached hydrogen (secondary N) is 1. The maximum atomic E-state index is 12.0. The molecular formula is C14H20Cl3N3O. The first kappa shape index (κ1) is 18.5. The van der Waals surface area contributed by atoms with Gasteiger partial charge in [-0.25, -0.2) is 0 Å². The van der Waals surface area contributed by atoms with Crippen LogP contribution in [-0.4, -0.2) is 37.0 Å². The minimum absolute atomic E-state index is 0. The Morgan fingerprint density at radius 1 is 1.43 bits per heavy atom. The number of hydrogen-bond acceptors (Lipinski definition) is 3. The molecule has 1 heterocycles. The quantitative estimate of drug-likeness (QED) is 0.875. The van der Waals surface area contributed by atoms with Gasteiger partial charge in [-0.15, -0.1) is 12.4 Å². The van der Waals surface area contributed by atoms with E-state index in [9.17, 15) is 4.79 Å². The summed E-state index contributed by atoms with van der Waals surface area (Å²) in [6.45, 7) is 4.94. The van der Waals surface area contributed by atoms with Crippen LogP contribution in [0.15, 0.2) is 18.2 Å². The maximum absolute atomic E-state index is 12.0. The molecule has 1 amide bonds. The van der Waals surface area contributed by atoms with Crippen LogP contribution in [0.3, 0.4) is 0 Å². The summed E-state index contributed by atoms with van der Waals surface area (Å²) in [4.78, 5) is 14.1. The summed E-state index contributed by atoms with van der Waals surface area (Å²) in [5.74, 6) is -0.0512. The molecular weight excluding hydrogens is 333 g/mol. The third-order valence-electron chi connectivity index (χ3n) is 3.70. The average molecular weight is 353 g/mol. The molecule has 2 rings (SSSR count). The SMILES string of the molecule is CC1(CN)CCN(CC(=O)Nc2ccc(Cl)c(Cl)c2)C1.Cl. The van der Waals surface area contributed by atoms with Crippen LogP contribution in [0.25, 0.3) is 0 Å². The van der Waals surface area contributed by atoms with Crippen molar-refractivity contribution in [3.05, 3.63) is 28.2 Å². The van der Waals surface area contributed by atoms with E-state index in [0.29, 0.717) is 28.8 Å². The lowest BCUT2D eigenvalue weighted by atomic mass is 9.90. The van der Waals surface area contributed by atoms with E-state index < -0.39 is 0 Å². The Kier molecular flexibility index (Phi) is 6.75. The molecule has 1 saturated heterocycles. The fraction of sp³-hybridized carbons (Fsp3) is 0.500. The molecule has 1 aliphatic heterocycles. The van der Waals surface area contributed by atoms with Gasteiger partial charge < -0.3 is 11.1 Å². The second kappa shape index (κ2) is 7.65. The van der Waals surface area contributed by atoms with E-state index >= 15 is 0 Å². The Hall–Kier alpha value is -0.520. The first-order valence-electron chi connectivity index (χ1n) is 6.59. The van der Waals surface area contributed by atoms with Crippen LogP contribution in [0.4, 0.5) is 5.69 Å². The molecule has 0 radical (unpaired) electrons. The fourth-order valence-corrected chi connectivity index (χ4v) is 2.70. The van der Waals surface area contributed by atoms with Crippen molar-refractivity contribution < 1.29 is 4.79 Å². The van der Waals surface area contributed by atoms with Crippen LogP contribution in [-0.2, 0) is 4.79 Å². The molecule has 0 saturated carbocycles. The highest BCUT2D eigenvalue weighted by Crippen LogP contribution is 2.28. The van der Waals surface area contributed by atoms with E-state index in [-0.39, 0.29) is 23.7 Å². The zero-order valence-corrected chi connectivity index (χ0v) is 14.2. The molecule has 118 valence electrons. The number of likely N-dealkylation sites (tertiary alicyclic amines) is 1. The highest BCUT2D eigenvalue weighted by molar-refractivity contribution is 6.42. The normalized spacial score (nSPS) is 21.9. The topological polar surface area (TPSA) is 58.4 Å². The molecule has 0 aliphatic carbocycles. The van der Waals surface area contributed by atoms with Gasteiger partial charge in [0, 0.05) is 12.2 Å². The third-order valence-corrected chi connectivity index (χ3v) is 4.44. The molecule has 1 aliphatic rings. The predicted octanol–water partition coefficient (Wildman–Crippen LogP) is 3.02. The molecule has 1 unspecified atom stereocenters. The Morgan fingerprint density at radius 2 is 2.14 bits per heavy atom. The van der Waals surface area contributed by atoms with Gasteiger partial charge in [-0.1, -0.05) is 30.1 Å². The van der Waals surface area contributed by atoms with Crippen molar-refractivity contribution in [1.29, 1.82) is 0 Å². The van der Waals surface area contributed by atoms with E-state index in [1.54, 1.807) is 18.2 Å². The van der Waals surface area contributed by atoms with E-state index in [4.69, 9.17) is 28.9 Å². The number of anilines is 1. The van der Waals surface area contributed by atoms with Crippen LogP contribution in [0.5, 0.6) is 0 Å². The van der Waals surface area contributed by atoms with E-state index in [0.717, 1.165) is 19.5 Å². The lowest BCUT2D eigenvalue weighted by Crippen LogP contribution is -2.35. The maximum Gasteiger partial charge on any atom is 0.238 e. The van der Waals surface area contributed by atoms with E-state index in [2.05, 4.69) is 17.1 Å². The van der Waals surface area contributed by atoms with Gasteiger partial charge in [-0.3, -0.25) is 9.69 Å². The highest BCUT2D eigenvalue weighted by Gasteiger charge is 2.33. The van der Waals surface area contributed by atoms with Crippen molar-refractivity contribution in [3.63, 3.8) is 0 Å². The lowest BCUT2D eigenvalue weighted by molar-refractivity contribution is -0.117. The molecule has 1 aromatic rings. The number of hydrogen-bond donors (Lipinski definition) is 2. The Morgan fingerprint density at radius 3 is 2.71 bits per heavy atom. The number of amides is 1. The minimum Gasteiger partial charge on any atom is -0.330 e. The number of benzene rings is 1. The number of carbonyl (C=O) groups excluding carboxylic acids is 1. The molecule has 0 aromatic heterocycles. The molecule has 1 aromatic carbocycles. The second-order valence-corrected chi connectivity index (χ2v) is 6.47. The monoisotopic (exact) mass is 351 g/mol. The molecule has 1 fully saturated rings. The summed E-state index contributed by atoms with van der Waals surface area (Å²) in [6.07, 6.45) is 1.03. The van der Waals surface area contributed by atoms with E-state index in [1.807, 2.05) is 0 Å². The first-order chi connectivity index (χ1) is 9.42. The smallest absolute Gasteiger partial charge is 0.238 e. The standard InChI is InChI=1S/C14H19Cl2N3O.ClH/c1-14(8-17)4-5-19(9-14)7-13(20)18-10-2-3-11(15)12(16)6-10;/h2-3,6H,4-5,7-9,17H2,1H3,(H,18,20);1H. The molecule has 1 atom stereocenters. The molecule has 21 heavy (non-hydrogen) atoms. The van der Waals surface area contributed by atoms with Crippen LogP contribution >= 0.6 is 35.6 Å². The summed E-state index contributed by atoms with van der Waals surface area (Å²) in [7, 11) is 0. The second-order valence-electron chi connectivity index (χ2n) is 5.65. The van der Waals surface area contributed by atoms with Gasteiger partial charge in [0.05, 0.1) is 16.6 Å². The van der Waals surface area contributed by atoms with Gasteiger partial charge in [0.1, 0.15) is 0 Å². The van der Waals surface area contributed by atoms with Crippen LogP contribution in [0, 0.1) is 5.41 Å². The van der Waals surface area contributed by atoms with Gasteiger partial charge in [-0.05, 0) is 43.1 Å². The van der Waals surface area contributed by atoms with Gasteiger partial charge in [0.25, 0.3) is 0 Å². The van der Waals surface area contributed by atoms with Crippen LogP contribution in [0.2, 0.25) is 10.0 Å². The summed E-state index contributed by atoms with van der Waals surface area (Å²) in [5.41, 5.74) is 6.55. The van der Waals surface area contributed by atoms with E-state index in [1.165, 1.54) is 0 Å². The highest BCUT2D eigenvalue weighted by atomic mass is 35.5. The van der Waals surface area contributed by atoms with Crippen molar-refractivity contribution in [3.8, 4) is 0 Å². The summed E-state index contributed by atoms with van der Waals surface area (Å²) < 4.78 is 0. The lowest BCUT2D eigenvalue weighted by Gasteiger charge is -2.22. The zero-order valence-electron chi connectivity index (χ0n) is 11.9. The van der Waals surface area contributed by atoms with Gasteiger partial charge in [-0.2, -0.15) is 0 Å². The summed E-state index contributed by atoms with van der Waals surface area (Å²) >= 11 is 11.8. The van der Waals surface area contributed by atoms with Crippen molar-refractivity contribution in [2.75, 3.05) is 31.5 Å². The summed E-state index contributed by atoms with van der Waals surface area (Å²) in [5, 5.41) is 3.73. The Balaban J connectivity index is 0.00000220. The fourth-order valence-electron chi connectivity index (χ4n) is 2.41. The first-order valence-corrected chi connectivity index (χ1v) is 7.35. The average Bonchev–Trinajstić information content (AvgIpc) is 2.76. The number of rotatable bonds is 4. The largest absolute Gasteiger partial charge is 0.330 e. The van der Waals surface area contributed by atoms with Crippen molar-refractivity contribution >= 4 is 47.2 Å². The predicted molar refractivity (Wildman–Crippen MR) is 90.6 cm³/mol. The summed E-state index contributed by atoms with van der Waals surface area (Å²) in [6, 6.07) is 5.05. The number of halogens is 3. The van der Waals surface area contributed by atoms with Gasteiger partial charge in [0.2, 0.25) is 5.91 Å². The van der Waals surface area contributed by atoms with Crippen molar-refractivity contribution in [1.82, 2.24) is 4.90 Å². The van der Waals surface area contributed by atoms with Gasteiger partial charge >= 0.3 is 0 Å². The Labute approximate surface area is 141 Å². The zero-order chi connectivity index (χ0) is 14.8. The number of nitrogens with two attached hydrogens (primary N) is 1. The molecule has 7 heteroatoms. The molecule has 3 N–H and O–H groups in total. The molecule has 0 bridgehead atoms. The van der Waals surface area contributed by atoms with Gasteiger partial charge in [0.15, 0.2) is 0 Å².